The average molecular weight is 418 g/mol. The van der Waals surface area contributed by atoms with Gasteiger partial charge in [-0.3, -0.25) is 14.9 Å². The van der Waals surface area contributed by atoms with Crippen molar-refractivity contribution in [3.63, 3.8) is 0 Å². The Bertz CT molecular complexity index is 732. The summed E-state index contributed by atoms with van der Waals surface area (Å²) in [7, 11) is 2.99. The van der Waals surface area contributed by atoms with Crippen molar-refractivity contribution >= 4 is 11.9 Å². The third kappa shape index (κ3) is 4.97. The quantitative estimate of drug-likeness (QED) is 0.708. The smallest absolute Gasteiger partial charge is 0.322 e. The Kier molecular flexibility index (Phi) is 7.40. The monoisotopic (exact) mass is 417 g/mol. The second kappa shape index (κ2) is 9.82. The molecule has 1 aliphatic heterocycles. The van der Waals surface area contributed by atoms with Gasteiger partial charge in [-0.1, -0.05) is 39.3 Å². The van der Waals surface area contributed by atoms with Crippen LogP contribution in [0.5, 0.6) is 5.75 Å². The van der Waals surface area contributed by atoms with Crippen LogP contribution < -0.4 is 10.1 Å². The molecule has 6 atom stereocenters. The van der Waals surface area contributed by atoms with E-state index >= 15 is 0 Å². The summed E-state index contributed by atoms with van der Waals surface area (Å²) in [6.07, 6.45) is 3.49. The molecule has 0 radical (unpaired) electrons. The van der Waals surface area contributed by atoms with Gasteiger partial charge in [0.15, 0.2) is 0 Å². The molecule has 1 heterocycles. The van der Waals surface area contributed by atoms with Crippen LogP contribution in [0.4, 0.5) is 0 Å². The van der Waals surface area contributed by atoms with Crippen molar-refractivity contribution in [2.75, 3.05) is 14.2 Å². The zero-order valence-corrected chi connectivity index (χ0v) is 18.7. The molecule has 0 amide bonds. The number of esters is 2. The molecule has 2 aliphatic rings. The number of carbonyl (C=O) groups excluding carboxylic acids is 2. The van der Waals surface area contributed by atoms with Crippen LogP contribution in [-0.4, -0.2) is 38.3 Å². The summed E-state index contributed by atoms with van der Waals surface area (Å²) >= 11 is 0. The van der Waals surface area contributed by atoms with Crippen molar-refractivity contribution in [2.45, 2.75) is 64.6 Å². The fourth-order valence-corrected chi connectivity index (χ4v) is 4.96. The SMILES string of the molecule is COC(=O)[C@@H]1C[C@H](C(=O)O[C@@H]2C[C@H](C)CC[C@H]2C(C)C)[C@H](c2ccc(OC)cc2)N1. The standard InChI is InChI=1S/C24H35NO5/c1-14(2)18-11-6-15(3)12-21(18)30-23(26)19-13-20(24(27)29-5)25-22(19)16-7-9-17(28-4)10-8-16/h7-10,14-15,18-22,25H,6,11-13H2,1-5H3/t15-,18+,19+,20+,21-,22+/m1/s1. The van der Waals surface area contributed by atoms with Gasteiger partial charge < -0.3 is 14.2 Å². The fraction of sp³-hybridized carbons (Fsp3) is 0.667. The molecular weight excluding hydrogens is 382 g/mol. The molecule has 1 aromatic carbocycles. The summed E-state index contributed by atoms with van der Waals surface area (Å²) in [5.41, 5.74) is 0.932. The summed E-state index contributed by atoms with van der Waals surface area (Å²) in [4.78, 5) is 25.5. The largest absolute Gasteiger partial charge is 0.497 e. The Morgan fingerprint density at radius 1 is 1.03 bits per heavy atom. The number of hydrogen-bond acceptors (Lipinski definition) is 6. The van der Waals surface area contributed by atoms with Gasteiger partial charge in [-0.2, -0.15) is 0 Å². The molecule has 1 saturated carbocycles. The molecular formula is C24H35NO5. The van der Waals surface area contributed by atoms with Gasteiger partial charge in [-0.05, 0) is 54.7 Å². The molecule has 1 N–H and O–H groups in total. The van der Waals surface area contributed by atoms with Crippen LogP contribution in [0, 0.1) is 23.7 Å². The summed E-state index contributed by atoms with van der Waals surface area (Å²) < 4.78 is 16.3. The van der Waals surface area contributed by atoms with E-state index in [1.807, 2.05) is 24.3 Å². The molecule has 1 aromatic rings. The maximum atomic E-state index is 13.3. The molecule has 1 saturated heterocycles. The van der Waals surface area contributed by atoms with Crippen molar-refractivity contribution in [3.05, 3.63) is 29.8 Å². The molecule has 0 unspecified atom stereocenters. The highest BCUT2D eigenvalue weighted by atomic mass is 16.5. The zero-order valence-electron chi connectivity index (χ0n) is 18.7. The van der Waals surface area contributed by atoms with E-state index in [0.29, 0.717) is 24.2 Å². The molecule has 0 bridgehead atoms. The van der Waals surface area contributed by atoms with Crippen LogP contribution in [0.1, 0.15) is 58.1 Å². The topological polar surface area (TPSA) is 73.9 Å². The number of benzene rings is 1. The van der Waals surface area contributed by atoms with E-state index in [0.717, 1.165) is 24.2 Å². The average Bonchev–Trinajstić information content (AvgIpc) is 3.18. The number of methoxy groups -OCH3 is 2. The van der Waals surface area contributed by atoms with Gasteiger partial charge >= 0.3 is 11.9 Å². The molecule has 0 spiro atoms. The van der Waals surface area contributed by atoms with Gasteiger partial charge in [-0.15, -0.1) is 0 Å². The first-order valence-electron chi connectivity index (χ1n) is 11.0. The minimum Gasteiger partial charge on any atom is -0.497 e. The fourth-order valence-electron chi connectivity index (χ4n) is 4.96. The molecule has 166 valence electrons. The Hall–Kier alpha value is -2.08. The van der Waals surface area contributed by atoms with E-state index in [9.17, 15) is 9.59 Å². The lowest BCUT2D eigenvalue weighted by Crippen LogP contribution is -2.38. The van der Waals surface area contributed by atoms with Crippen LogP contribution in [0.25, 0.3) is 0 Å². The molecule has 30 heavy (non-hydrogen) atoms. The summed E-state index contributed by atoms with van der Waals surface area (Å²) in [6.45, 7) is 6.63. The first-order valence-corrected chi connectivity index (χ1v) is 11.0. The number of nitrogens with one attached hydrogen (secondary N) is 1. The molecule has 1 aliphatic carbocycles. The van der Waals surface area contributed by atoms with Crippen LogP contribution in [-0.2, 0) is 19.1 Å². The van der Waals surface area contributed by atoms with Gasteiger partial charge in [0.2, 0.25) is 0 Å². The number of hydrogen-bond donors (Lipinski definition) is 1. The number of rotatable bonds is 6. The summed E-state index contributed by atoms with van der Waals surface area (Å²) in [6, 6.07) is 6.76. The second-order valence-corrected chi connectivity index (χ2v) is 9.14. The van der Waals surface area contributed by atoms with Gasteiger partial charge in [0.1, 0.15) is 17.9 Å². The van der Waals surface area contributed by atoms with E-state index in [2.05, 4.69) is 26.1 Å². The normalized spacial score (nSPS) is 31.4. The van der Waals surface area contributed by atoms with E-state index in [4.69, 9.17) is 14.2 Å². The van der Waals surface area contributed by atoms with E-state index in [-0.39, 0.29) is 24.1 Å². The highest BCUT2D eigenvalue weighted by Crippen LogP contribution is 2.39. The predicted octanol–water partition coefficient (Wildman–Crippen LogP) is 3.89. The summed E-state index contributed by atoms with van der Waals surface area (Å²) in [5, 5.41) is 3.29. The van der Waals surface area contributed by atoms with E-state index in [1.165, 1.54) is 13.5 Å². The van der Waals surface area contributed by atoms with Crippen molar-refractivity contribution in [2.24, 2.45) is 23.7 Å². The van der Waals surface area contributed by atoms with Gasteiger partial charge in [-0.25, -0.2) is 0 Å². The highest BCUT2D eigenvalue weighted by Gasteiger charge is 2.45. The van der Waals surface area contributed by atoms with E-state index in [1.54, 1.807) is 7.11 Å². The van der Waals surface area contributed by atoms with E-state index < -0.39 is 12.0 Å². The molecule has 6 heteroatoms. The Morgan fingerprint density at radius 3 is 2.33 bits per heavy atom. The Morgan fingerprint density at radius 2 is 1.73 bits per heavy atom. The van der Waals surface area contributed by atoms with Crippen LogP contribution >= 0.6 is 0 Å². The van der Waals surface area contributed by atoms with Crippen molar-refractivity contribution in [1.29, 1.82) is 0 Å². The molecule has 0 aromatic heterocycles. The van der Waals surface area contributed by atoms with Crippen molar-refractivity contribution in [1.82, 2.24) is 5.32 Å². The molecule has 2 fully saturated rings. The van der Waals surface area contributed by atoms with Crippen LogP contribution in [0.2, 0.25) is 0 Å². The van der Waals surface area contributed by atoms with Crippen LogP contribution in [0.3, 0.4) is 0 Å². The van der Waals surface area contributed by atoms with Crippen molar-refractivity contribution < 1.29 is 23.8 Å². The summed E-state index contributed by atoms with van der Waals surface area (Å²) in [5.74, 6) is 1.14. The van der Waals surface area contributed by atoms with Gasteiger partial charge in [0.25, 0.3) is 0 Å². The molecule has 6 nitrogen and oxygen atoms in total. The Labute approximate surface area is 179 Å². The Balaban J connectivity index is 1.79. The first kappa shape index (κ1) is 22.6. The minimum atomic E-state index is -0.522. The first-order chi connectivity index (χ1) is 14.3. The number of carbonyl (C=O) groups is 2. The zero-order chi connectivity index (χ0) is 21.8. The lowest BCUT2D eigenvalue weighted by atomic mass is 9.75. The second-order valence-electron chi connectivity index (χ2n) is 9.14. The highest BCUT2D eigenvalue weighted by molar-refractivity contribution is 5.80. The maximum absolute atomic E-state index is 13.3. The third-order valence-electron chi connectivity index (χ3n) is 6.76. The van der Waals surface area contributed by atoms with Crippen molar-refractivity contribution in [3.8, 4) is 5.75 Å². The minimum absolute atomic E-state index is 0.0602. The lowest BCUT2D eigenvalue weighted by Gasteiger charge is -2.37. The van der Waals surface area contributed by atoms with Gasteiger partial charge in [0, 0.05) is 6.04 Å². The lowest BCUT2D eigenvalue weighted by molar-refractivity contribution is -0.161. The van der Waals surface area contributed by atoms with Crippen LogP contribution in [0.15, 0.2) is 24.3 Å². The molecule has 3 rings (SSSR count). The predicted molar refractivity (Wildman–Crippen MR) is 114 cm³/mol. The maximum Gasteiger partial charge on any atom is 0.322 e. The number of ether oxygens (including phenoxy) is 3. The third-order valence-corrected chi connectivity index (χ3v) is 6.76. The van der Waals surface area contributed by atoms with Gasteiger partial charge in [0.05, 0.1) is 20.1 Å².